The van der Waals surface area contributed by atoms with E-state index in [1.807, 2.05) is 0 Å². The maximum Gasteiger partial charge on any atom is 0.324 e. The summed E-state index contributed by atoms with van der Waals surface area (Å²) in [6.07, 6.45) is 0. The van der Waals surface area contributed by atoms with E-state index in [1.54, 1.807) is 30.3 Å². The summed E-state index contributed by atoms with van der Waals surface area (Å²) in [5.41, 5.74) is 4.42. The number of benzene rings is 2. The minimum absolute atomic E-state index is 0.0439. The number of halogens is 2. The number of ether oxygens (including phenoxy) is 1. The third kappa shape index (κ3) is 2.59. The predicted molar refractivity (Wildman–Crippen MR) is 81.3 cm³/mol. The van der Waals surface area contributed by atoms with Gasteiger partial charge in [0.05, 0.1) is 5.02 Å². The van der Waals surface area contributed by atoms with Crippen molar-refractivity contribution in [2.24, 2.45) is 5.73 Å². The zero-order chi connectivity index (χ0) is 16.3. The van der Waals surface area contributed by atoms with Crippen LogP contribution in [0.1, 0.15) is 11.1 Å². The summed E-state index contributed by atoms with van der Waals surface area (Å²) in [6.45, 7) is 0. The molecule has 116 valence electrons. The molecular formula is C16H15ClFNO3. The lowest BCUT2D eigenvalue weighted by atomic mass is 9.79. The molecule has 0 aromatic heterocycles. The fourth-order valence-electron chi connectivity index (χ4n) is 2.54. The fraction of sp³-hybridized carbons (Fsp3) is 0.188. The molecule has 0 radical (unpaired) electrons. The molecule has 2 atom stereocenters. The lowest BCUT2D eigenvalue weighted by Crippen LogP contribution is -2.53. The van der Waals surface area contributed by atoms with Crippen LogP contribution in [0.25, 0.3) is 0 Å². The van der Waals surface area contributed by atoms with Crippen molar-refractivity contribution in [3.63, 3.8) is 0 Å². The Morgan fingerprint density at radius 2 is 1.91 bits per heavy atom. The standard InChI is InChI=1S/C16H15ClFNO3/c1-22-16(14(19)15(20)21,10-6-3-2-4-7-10)13-11(17)8-5-9-12(13)18/h2-9,14H,19H2,1H3,(H,20,21)/t14-,16?/m0/s1. The number of carboxylic acids is 1. The molecule has 0 heterocycles. The molecule has 0 bridgehead atoms. The SMILES string of the molecule is COC(c1ccccc1)(c1c(F)cccc1Cl)[C@@H](N)C(=O)O. The van der Waals surface area contributed by atoms with Crippen LogP contribution in [0.2, 0.25) is 5.02 Å². The third-order valence-electron chi connectivity index (χ3n) is 3.56. The highest BCUT2D eigenvalue weighted by molar-refractivity contribution is 6.31. The van der Waals surface area contributed by atoms with Crippen molar-refractivity contribution in [3.8, 4) is 0 Å². The molecule has 0 spiro atoms. The third-order valence-corrected chi connectivity index (χ3v) is 3.88. The molecular weight excluding hydrogens is 309 g/mol. The lowest BCUT2D eigenvalue weighted by Gasteiger charge is -2.37. The average Bonchev–Trinajstić information content (AvgIpc) is 2.51. The van der Waals surface area contributed by atoms with Gasteiger partial charge in [-0.25, -0.2) is 4.39 Å². The van der Waals surface area contributed by atoms with Gasteiger partial charge in [-0.3, -0.25) is 4.79 Å². The summed E-state index contributed by atoms with van der Waals surface area (Å²) in [6, 6.07) is 10.9. The minimum Gasteiger partial charge on any atom is -0.480 e. The first-order valence-electron chi connectivity index (χ1n) is 6.48. The largest absolute Gasteiger partial charge is 0.480 e. The molecule has 0 fully saturated rings. The van der Waals surface area contributed by atoms with Crippen molar-refractivity contribution in [1.82, 2.24) is 0 Å². The van der Waals surface area contributed by atoms with E-state index in [9.17, 15) is 14.3 Å². The van der Waals surface area contributed by atoms with Crippen molar-refractivity contribution in [2.45, 2.75) is 11.6 Å². The molecule has 0 aliphatic heterocycles. The van der Waals surface area contributed by atoms with Crippen LogP contribution in [-0.2, 0) is 15.1 Å². The van der Waals surface area contributed by atoms with Crippen LogP contribution >= 0.6 is 11.6 Å². The van der Waals surface area contributed by atoms with Gasteiger partial charge in [0.1, 0.15) is 17.5 Å². The smallest absolute Gasteiger partial charge is 0.324 e. The zero-order valence-corrected chi connectivity index (χ0v) is 12.5. The molecule has 3 N–H and O–H groups in total. The minimum atomic E-state index is -1.74. The summed E-state index contributed by atoms with van der Waals surface area (Å²) in [4.78, 5) is 11.5. The van der Waals surface area contributed by atoms with Crippen LogP contribution in [0.5, 0.6) is 0 Å². The molecule has 2 rings (SSSR count). The molecule has 22 heavy (non-hydrogen) atoms. The molecule has 6 heteroatoms. The quantitative estimate of drug-likeness (QED) is 0.887. The van der Waals surface area contributed by atoms with Gasteiger partial charge in [-0.1, -0.05) is 48.0 Å². The number of aliphatic carboxylic acids is 1. The average molecular weight is 324 g/mol. The van der Waals surface area contributed by atoms with Gasteiger partial charge >= 0.3 is 5.97 Å². The van der Waals surface area contributed by atoms with Crippen LogP contribution in [0.4, 0.5) is 4.39 Å². The molecule has 0 saturated heterocycles. The van der Waals surface area contributed by atoms with E-state index in [0.29, 0.717) is 5.56 Å². The van der Waals surface area contributed by atoms with E-state index in [0.717, 1.165) is 0 Å². The molecule has 0 amide bonds. The summed E-state index contributed by atoms with van der Waals surface area (Å²) in [5, 5.41) is 9.43. The van der Waals surface area contributed by atoms with Gasteiger partial charge in [-0.05, 0) is 17.7 Å². The van der Waals surface area contributed by atoms with Crippen molar-refractivity contribution in [1.29, 1.82) is 0 Å². The van der Waals surface area contributed by atoms with E-state index in [1.165, 1.54) is 25.3 Å². The van der Waals surface area contributed by atoms with Gasteiger partial charge in [-0.2, -0.15) is 0 Å². The topological polar surface area (TPSA) is 72.5 Å². The van der Waals surface area contributed by atoms with Crippen LogP contribution in [0.3, 0.4) is 0 Å². The number of nitrogens with two attached hydrogens (primary N) is 1. The van der Waals surface area contributed by atoms with Crippen LogP contribution in [0, 0.1) is 5.82 Å². The Hall–Kier alpha value is -1.95. The first kappa shape index (κ1) is 16.4. The van der Waals surface area contributed by atoms with Gasteiger partial charge in [0.25, 0.3) is 0 Å². The Labute approximate surface area is 132 Å². The maximum absolute atomic E-state index is 14.4. The van der Waals surface area contributed by atoms with Crippen LogP contribution < -0.4 is 5.73 Å². The van der Waals surface area contributed by atoms with Gasteiger partial charge in [0, 0.05) is 12.7 Å². The highest BCUT2D eigenvalue weighted by Gasteiger charge is 2.47. The van der Waals surface area contributed by atoms with Gasteiger partial charge in [-0.15, -0.1) is 0 Å². The number of hydrogen-bond donors (Lipinski definition) is 2. The Morgan fingerprint density at radius 3 is 2.41 bits per heavy atom. The normalized spacial score (nSPS) is 15.1. The Balaban J connectivity index is 2.83. The van der Waals surface area contributed by atoms with E-state index in [-0.39, 0.29) is 10.6 Å². The molecule has 1 unspecified atom stereocenters. The molecule has 2 aromatic rings. The summed E-state index contributed by atoms with van der Waals surface area (Å²) < 4.78 is 19.9. The molecule has 0 saturated carbocycles. The first-order chi connectivity index (χ1) is 10.4. The van der Waals surface area contributed by atoms with Gasteiger partial charge in [0.15, 0.2) is 0 Å². The highest BCUT2D eigenvalue weighted by atomic mass is 35.5. The van der Waals surface area contributed by atoms with E-state index in [4.69, 9.17) is 22.1 Å². The Morgan fingerprint density at radius 1 is 1.27 bits per heavy atom. The second kappa shape index (κ2) is 6.44. The predicted octanol–water partition coefficient (Wildman–Crippen LogP) is 2.78. The highest BCUT2D eigenvalue weighted by Crippen LogP contribution is 2.41. The Kier molecular flexibility index (Phi) is 4.81. The number of hydrogen-bond acceptors (Lipinski definition) is 3. The molecule has 4 nitrogen and oxygen atoms in total. The van der Waals surface area contributed by atoms with E-state index in [2.05, 4.69) is 0 Å². The number of methoxy groups -OCH3 is 1. The molecule has 2 aromatic carbocycles. The maximum atomic E-state index is 14.4. The van der Waals surface area contributed by atoms with E-state index >= 15 is 0 Å². The van der Waals surface area contributed by atoms with Crippen molar-refractivity contribution in [2.75, 3.05) is 7.11 Å². The van der Waals surface area contributed by atoms with Gasteiger partial charge < -0.3 is 15.6 Å². The zero-order valence-electron chi connectivity index (χ0n) is 11.8. The van der Waals surface area contributed by atoms with Crippen molar-refractivity contribution >= 4 is 17.6 Å². The molecule has 0 aliphatic rings. The monoisotopic (exact) mass is 323 g/mol. The number of rotatable bonds is 5. The second-order valence-corrected chi connectivity index (χ2v) is 5.13. The summed E-state index contributed by atoms with van der Waals surface area (Å²) >= 11 is 6.12. The summed E-state index contributed by atoms with van der Waals surface area (Å²) in [7, 11) is 1.28. The van der Waals surface area contributed by atoms with Crippen LogP contribution in [-0.4, -0.2) is 24.2 Å². The fourth-order valence-corrected chi connectivity index (χ4v) is 2.84. The molecule has 0 aliphatic carbocycles. The van der Waals surface area contributed by atoms with E-state index < -0.39 is 23.4 Å². The number of carbonyl (C=O) groups is 1. The Bertz CT molecular complexity index is 660. The van der Waals surface area contributed by atoms with Gasteiger partial charge in [0.2, 0.25) is 0 Å². The van der Waals surface area contributed by atoms with Crippen molar-refractivity contribution < 1.29 is 19.0 Å². The number of carboxylic acid groups (broad SMARTS) is 1. The second-order valence-electron chi connectivity index (χ2n) is 4.72. The van der Waals surface area contributed by atoms with Crippen LogP contribution in [0.15, 0.2) is 48.5 Å². The lowest BCUT2D eigenvalue weighted by molar-refractivity contribution is -0.145. The summed E-state index contributed by atoms with van der Waals surface area (Å²) in [5.74, 6) is -2.01. The first-order valence-corrected chi connectivity index (χ1v) is 6.86. The van der Waals surface area contributed by atoms with Crippen molar-refractivity contribution in [3.05, 3.63) is 70.5 Å².